The van der Waals surface area contributed by atoms with Crippen molar-refractivity contribution < 1.29 is 13.2 Å². The lowest BCUT2D eigenvalue weighted by Gasteiger charge is -2.27. The number of likely N-dealkylation sites (tertiary alicyclic amines) is 1. The maximum atomic E-state index is 12.9. The van der Waals surface area contributed by atoms with Gasteiger partial charge in [0.1, 0.15) is 6.04 Å². The summed E-state index contributed by atoms with van der Waals surface area (Å²) >= 11 is 0. The van der Waals surface area contributed by atoms with Crippen LogP contribution < -0.4 is 4.72 Å². The largest absolute Gasteiger partial charge is 0.341 e. The maximum absolute atomic E-state index is 12.9. The summed E-state index contributed by atoms with van der Waals surface area (Å²) in [5.74, 6) is 0.132. The third-order valence-electron chi connectivity index (χ3n) is 4.55. The topological polar surface area (TPSA) is 66.5 Å². The van der Waals surface area contributed by atoms with Gasteiger partial charge in [-0.2, -0.15) is 4.72 Å². The zero-order chi connectivity index (χ0) is 18.4. The molecular weight excluding hydrogens is 336 g/mol. The molecule has 0 saturated carbocycles. The number of carbonyl (C=O) groups is 1. The van der Waals surface area contributed by atoms with Crippen LogP contribution in [0.2, 0.25) is 0 Å². The number of nitrogens with one attached hydrogen (secondary N) is 1. The number of rotatable bonds is 6. The molecule has 1 fully saturated rings. The van der Waals surface area contributed by atoms with Gasteiger partial charge in [0.15, 0.2) is 0 Å². The van der Waals surface area contributed by atoms with Gasteiger partial charge in [-0.1, -0.05) is 44.4 Å². The van der Waals surface area contributed by atoms with Crippen molar-refractivity contribution in [2.75, 3.05) is 13.1 Å². The lowest BCUT2D eigenvalue weighted by Crippen LogP contribution is -2.49. The smallest absolute Gasteiger partial charge is 0.241 e. The van der Waals surface area contributed by atoms with E-state index in [4.69, 9.17) is 0 Å². The first kappa shape index (κ1) is 19.9. The summed E-state index contributed by atoms with van der Waals surface area (Å²) in [6.07, 6.45) is 4.75. The Kier molecular flexibility index (Phi) is 7.02. The van der Waals surface area contributed by atoms with E-state index in [2.05, 4.69) is 4.72 Å². The molecule has 1 unspecified atom stereocenters. The van der Waals surface area contributed by atoms with Gasteiger partial charge < -0.3 is 4.90 Å². The predicted octanol–water partition coefficient (Wildman–Crippen LogP) is 3.09. The maximum Gasteiger partial charge on any atom is 0.241 e. The Morgan fingerprint density at radius 2 is 1.64 bits per heavy atom. The first-order valence-corrected chi connectivity index (χ1v) is 10.7. The minimum Gasteiger partial charge on any atom is -0.341 e. The van der Waals surface area contributed by atoms with Gasteiger partial charge in [-0.15, -0.1) is 0 Å². The molecule has 0 spiro atoms. The van der Waals surface area contributed by atoms with E-state index in [1.807, 2.05) is 25.7 Å². The van der Waals surface area contributed by atoms with Gasteiger partial charge in [-0.3, -0.25) is 4.79 Å². The van der Waals surface area contributed by atoms with Crippen LogP contribution in [0.15, 0.2) is 29.2 Å². The Bertz CT molecular complexity index is 660. The monoisotopic (exact) mass is 366 g/mol. The molecule has 6 heteroatoms. The molecule has 1 N–H and O–H groups in total. The Morgan fingerprint density at radius 3 is 2.16 bits per heavy atom. The second kappa shape index (κ2) is 8.81. The molecule has 1 atom stereocenters. The average Bonchev–Trinajstić information content (AvgIpc) is 2.82. The van der Waals surface area contributed by atoms with Gasteiger partial charge >= 0.3 is 0 Å². The normalized spacial score (nSPS) is 17.4. The van der Waals surface area contributed by atoms with E-state index in [1.165, 1.54) is 0 Å². The minimum atomic E-state index is -3.71. The van der Waals surface area contributed by atoms with Crippen molar-refractivity contribution in [3.05, 3.63) is 29.8 Å². The van der Waals surface area contributed by atoms with Crippen molar-refractivity contribution in [2.24, 2.45) is 5.92 Å². The van der Waals surface area contributed by atoms with Crippen LogP contribution in [0.25, 0.3) is 0 Å². The summed E-state index contributed by atoms with van der Waals surface area (Å²) in [6, 6.07) is 6.00. The summed E-state index contributed by atoms with van der Waals surface area (Å²) < 4.78 is 28.1. The zero-order valence-corrected chi connectivity index (χ0v) is 16.3. The second-order valence-electron chi connectivity index (χ2n) is 7.36. The van der Waals surface area contributed by atoms with Gasteiger partial charge in [0.05, 0.1) is 4.90 Å². The van der Waals surface area contributed by atoms with Gasteiger partial charge in [-0.25, -0.2) is 8.42 Å². The first-order chi connectivity index (χ1) is 11.8. The highest BCUT2D eigenvalue weighted by Gasteiger charge is 2.30. The fourth-order valence-corrected chi connectivity index (χ4v) is 4.36. The zero-order valence-electron chi connectivity index (χ0n) is 15.5. The van der Waals surface area contributed by atoms with Crippen LogP contribution in [0, 0.1) is 12.8 Å². The molecule has 0 aliphatic carbocycles. The Hall–Kier alpha value is -1.40. The van der Waals surface area contributed by atoms with Crippen LogP contribution in [0.3, 0.4) is 0 Å². The number of hydrogen-bond donors (Lipinski definition) is 1. The molecule has 1 aromatic rings. The van der Waals surface area contributed by atoms with Crippen LogP contribution >= 0.6 is 0 Å². The van der Waals surface area contributed by atoms with Gasteiger partial charge in [-0.05, 0) is 44.2 Å². The quantitative estimate of drug-likeness (QED) is 0.841. The van der Waals surface area contributed by atoms with Gasteiger partial charge in [0.2, 0.25) is 15.9 Å². The molecule has 1 amide bonds. The highest BCUT2D eigenvalue weighted by Crippen LogP contribution is 2.17. The van der Waals surface area contributed by atoms with Crippen molar-refractivity contribution in [1.29, 1.82) is 0 Å². The van der Waals surface area contributed by atoms with E-state index in [1.54, 1.807) is 24.3 Å². The summed E-state index contributed by atoms with van der Waals surface area (Å²) in [6.45, 7) is 7.36. The molecule has 1 aliphatic rings. The van der Waals surface area contributed by atoms with Crippen molar-refractivity contribution in [3.63, 3.8) is 0 Å². The van der Waals surface area contributed by atoms with E-state index in [-0.39, 0.29) is 16.7 Å². The highest BCUT2D eigenvalue weighted by molar-refractivity contribution is 7.89. The van der Waals surface area contributed by atoms with Crippen molar-refractivity contribution in [2.45, 2.75) is 63.8 Å². The standard InChI is InChI=1S/C19H30N2O3S/c1-15(2)14-18(19(22)21-12-6-4-5-7-13-21)20-25(23,24)17-10-8-16(3)9-11-17/h8-11,15,18,20H,4-7,12-14H2,1-3H3. The lowest BCUT2D eigenvalue weighted by atomic mass is 10.0. The van der Waals surface area contributed by atoms with E-state index < -0.39 is 16.1 Å². The molecule has 0 aromatic heterocycles. The van der Waals surface area contributed by atoms with E-state index in [0.29, 0.717) is 6.42 Å². The summed E-state index contributed by atoms with van der Waals surface area (Å²) in [7, 11) is -3.71. The predicted molar refractivity (Wildman–Crippen MR) is 99.8 cm³/mol. The van der Waals surface area contributed by atoms with Crippen LogP contribution in [0.4, 0.5) is 0 Å². The summed E-state index contributed by atoms with van der Waals surface area (Å²) in [5.41, 5.74) is 0.998. The molecule has 2 rings (SSSR count). The molecule has 1 saturated heterocycles. The van der Waals surface area contributed by atoms with E-state index in [0.717, 1.165) is 44.3 Å². The van der Waals surface area contributed by atoms with Crippen LogP contribution in [0.5, 0.6) is 0 Å². The number of benzene rings is 1. The van der Waals surface area contributed by atoms with E-state index >= 15 is 0 Å². The van der Waals surface area contributed by atoms with Crippen LogP contribution in [-0.2, 0) is 14.8 Å². The Morgan fingerprint density at radius 1 is 1.08 bits per heavy atom. The number of carbonyl (C=O) groups excluding carboxylic acids is 1. The molecule has 140 valence electrons. The molecule has 0 bridgehead atoms. The lowest BCUT2D eigenvalue weighted by molar-refractivity contribution is -0.133. The number of hydrogen-bond acceptors (Lipinski definition) is 3. The number of aryl methyl sites for hydroxylation is 1. The van der Waals surface area contributed by atoms with Crippen LogP contribution in [-0.4, -0.2) is 38.4 Å². The minimum absolute atomic E-state index is 0.0914. The van der Waals surface area contributed by atoms with Crippen molar-refractivity contribution in [1.82, 2.24) is 9.62 Å². The molecule has 1 aliphatic heterocycles. The Labute approximate surface area is 151 Å². The number of amides is 1. The highest BCUT2D eigenvalue weighted by atomic mass is 32.2. The number of nitrogens with zero attached hydrogens (tertiary/aromatic N) is 1. The molecular formula is C19H30N2O3S. The molecule has 1 heterocycles. The third-order valence-corrected chi connectivity index (χ3v) is 6.04. The molecule has 5 nitrogen and oxygen atoms in total. The Balaban J connectivity index is 2.18. The number of sulfonamides is 1. The molecule has 25 heavy (non-hydrogen) atoms. The fraction of sp³-hybridized carbons (Fsp3) is 0.632. The van der Waals surface area contributed by atoms with Crippen LogP contribution in [0.1, 0.15) is 51.5 Å². The first-order valence-electron chi connectivity index (χ1n) is 9.17. The van der Waals surface area contributed by atoms with Crippen molar-refractivity contribution >= 4 is 15.9 Å². The summed E-state index contributed by atoms with van der Waals surface area (Å²) in [4.78, 5) is 15.0. The van der Waals surface area contributed by atoms with E-state index in [9.17, 15) is 13.2 Å². The fourth-order valence-electron chi connectivity index (χ4n) is 3.15. The second-order valence-corrected chi connectivity index (χ2v) is 9.07. The molecule has 0 radical (unpaired) electrons. The van der Waals surface area contributed by atoms with Crippen molar-refractivity contribution in [3.8, 4) is 0 Å². The van der Waals surface area contributed by atoms with Gasteiger partial charge in [0, 0.05) is 13.1 Å². The average molecular weight is 367 g/mol. The summed E-state index contributed by atoms with van der Waals surface area (Å²) in [5, 5.41) is 0. The third kappa shape index (κ3) is 5.82. The SMILES string of the molecule is Cc1ccc(S(=O)(=O)NC(CC(C)C)C(=O)N2CCCCCC2)cc1. The van der Waals surface area contributed by atoms with Gasteiger partial charge in [0.25, 0.3) is 0 Å². The molecule has 1 aromatic carbocycles.